The molecular formula is C21H23FN3PS. The molecule has 1 unspecified atom stereocenters. The zero-order valence-corrected chi connectivity index (χ0v) is 17.4. The highest BCUT2D eigenvalue weighted by Gasteiger charge is 2.19. The first-order chi connectivity index (χ1) is 13.0. The second-order valence-electron chi connectivity index (χ2n) is 6.33. The normalized spacial score (nSPS) is 14.6. The molecule has 1 aliphatic carbocycles. The maximum Gasteiger partial charge on any atom is 0.189 e. The molecule has 1 aliphatic rings. The van der Waals surface area contributed by atoms with Crippen LogP contribution in [0.3, 0.4) is 0 Å². The average molecular weight is 399 g/mol. The summed E-state index contributed by atoms with van der Waals surface area (Å²) in [6, 6.07) is 5.05. The van der Waals surface area contributed by atoms with Gasteiger partial charge in [-0.15, -0.1) is 9.24 Å². The number of hydrogen-bond donors (Lipinski definition) is 2. The zero-order chi connectivity index (χ0) is 19.4. The summed E-state index contributed by atoms with van der Waals surface area (Å²) in [7, 11) is 2.60. The number of aromatic nitrogens is 1. The summed E-state index contributed by atoms with van der Waals surface area (Å²) in [5, 5.41) is 4.80. The summed E-state index contributed by atoms with van der Waals surface area (Å²) in [6.45, 7) is 4.12. The fraction of sp³-hybridized carbons (Fsp3) is 0.190. The monoisotopic (exact) mass is 399 g/mol. The smallest absolute Gasteiger partial charge is 0.189 e. The lowest BCUT2D eigenvalue weighted by atomic mass is 10.0. The van der Waals surface area contributed by atoms with E-state index in [0.29, 0.717) is 16.5 Å². The molecule has 1 aromatic carbocycles. The van der Waals surface area contributed by atoms with E-state index in [1.807, 2.05) is 31.2 Å². The molecule has 0 amide bonds. The van der Waals surface area contributed by atoms with E-state index < -0.39 is 0 Å². The topological polar surface area (TPSA) is 50.9 Å². The highest BCUT2D eigenvalue weighted by Crippen LogP contribution is 2.37. The van der Waals surface area contributed by atoms with Gasteiger partial charge >= 0.3 is 0 Å². The first-order valence-electron chi connectivity index (χ1n) is 8.81. The van der Waals surface area contributed by atoms with Gasteiger partial charge < -0.3 is 11.1 Å². The molecule has 3 rings (SSSR count). The molecule has 0 radical (unpaired) electrons. The third-order valence-corrected chi connectivity index (χ3v) is 5.66. The summed E-state index contributed by atoms with van der Waals surface area (Å²) < 4.78 is 14.6. The minimum atomic E-state index is -0.264. The van der Waals surface area contributed by atoms with Gasteiger partial charge in [0, 0.05) is 16.8 Å². The number of rotatable bonds is 5. The van der Waals surface area contributed by atoms with E-state index in [1.165, 1.54) is 23.0 Å². The van der Waals surface area contributed by atoms with Gasteiger partial charge in [0.05, 0.1) is 4.88 Å². The van der Waals surface area contributed by atoms with Gasteiger partial charge in [0.2, 0.25) is 0 Å². The lowest BCUT2D eigenvalue weighted by Gasteiger charge is -2.11. The molecule has 140 valence electrons. The van der Waals surface area contributed by atoms with Crippen LogP contribution in [0.2, 0.25) is 0 Å². The maximum absolute atomic E-state index is 14.6. The Balaban J connectivity index is 1.98. The number of nitrogens with two attached hydrogens (primary N) is 1. The molecule has 1 atom stereocenters. The van der Waals surface area contributed by atoms with Gasteiger partial charge in [0.15, 0.2) is 5.13 Å². The van der Waals surface area contributed by atoms with Gasteiger partial charge in [-0.2, -0.15) is 0 Å². The minimum Gasteiger partial charge on any atom is -0.382 e. The second-order valence-corrected chi connectivity index (χ2v) is 7.95. The van der Waals surface area contributed by atoms with Crippen molar-refractivity contribution in [2.24, 2.45) is 0 Å². The lowest BCUT2D eigenvalue weighted by molar-refractivity contribution is 0.625. The molecule has 3 nitrogen and oxygen atoms in total. The van der Waals surface area contributed by atoms with Crippen molar-refractivity contribution in [3.05, 3.63) is 76.1 Å². The van der Waals surface area contributed by atoms with E-state index in [1.54, 1.807) is 6.07 Å². The van der Waals surface area contributed by atoms with Gasteiger partial charge in [0.1, 0.15) is 11.6 Å². The predicted molar refractivity (Wildman–Crippen MR) is 119 cm³/mol. The number of nitrogens with one attached hydrogen (secondary N) is 1. The van der Waals surface area contributed by atoms with Crippen molar-refractivity contribution in [3.8, 4) is 0 Å². The molecule has 0 spiro atoms. The lowest BCUT2D eigenvalue weighted by Crippen LogP contribution is -2.05. The molecule has 0 bridgehead atoms. The van der Waals surface area contributed by atoms with E-state index in [4.69, 9.17) is 5.73 Å². The molecule has 0 saturated heterocycles. The molecule has 6 heteroatoms. The highest BCUT2D eigenvalue weighted by atomic mass is 32.1. The Kier molecular flexibility index (Phi) is 6.25. The number of halogens is 1. The molecule has 1 aromatic heterocycles. The van der Waals surface area contributed by atoms with Crippen LogP contribution in [-0.2, 0) is 0 Å². The van der Waals surface area contributed by atoms with Crippen LogP contribution in [0, 0.1) is 5.82 Å². The maximum atomic E-state index is 14.6. The summed E-state index contributed by atoms with van der Waals surface area (Å²) in [4.78, 5) is 5.24. The molecule has 3 N–H and O–H groups in total. The summed E-state index contributed by atoms with van der Waals surface area (Å²) in [5.74, 6) is 0.138. The van der Waals surface area contributed by atoms with Crippen molar-refractivity contribution in [3.63, 3.8) is 0 Å². The Labute approximate surface area is 165 Å². The van der Waals surface area contributed by atoms with Crippen molar-refractivity contribution >= 4 is 42.4 Å². The summed E-state index contributed by atoms with van der Waals surface area (Å²) in [6.07, 6.45) is 11.9. The standard InChI is InChI=1S/C21H23FN3PS/c1-3-6-15(18-16(22)9-5-10-17(18)26)19-20(23)25-21(27-19)24-14-8-4-7-13(2)11-12-14/h4-6,8-12H,3,7,23,26H2,1-2H3,(H,24,25). The second kappa shape index (κ2) is 8.64. The zero-order valence-electron chi connectivity index (χ0n) is 15.4. The first-order valence-corrected chi connectivity index (χ1v) is 10.2. The quantitative estimate of drug-likeness (QED) is 0.661. The number of allylic oxidation sites excluding steroid dienone is 6. The summed E-state index contributed by atoms with van der Waals surface area (Å²) in [5.41, 5.74) is 9.79. The van der Waals surface area contributed by atoms with Crippen molar-refractivity contribution in [2.75, 3.05) is 11.1 Å². The Morgan fingerprint density at radius 3 is 2.96 bits per heavy atom. The molecule has 2 aromatic rings. The Morgan fingerprint density at radius 2 is 2.22 bits per heavy atom. The molecule has 1 heterocycles. The Morgan fingerprint density at radius 1 is 1.41 bits per heavy atom. The van der Waals surface area contributed by atoms with Gasteiger partial charge in [-0.25, -0.2) is 9.37 Å². The van der Waals surface area contributed by atoms with Crippen molar-refractivity contribution in [1.29, 1.82) is 0 Å². The highest BCUT2D eigenvalue weighted by molar-refractivity contribution is 7.27. The molecule has 27 heavy (non-hydrogen) atoms. The number of thiazole rings is 1. The van der Waals surface area contributed by atoms with E-state index in [9.17, 15) is 4.39 Å². The molecule has 0 aliphatic heterocycles. The molecule has 0 saturated carbocycles. The van der Waals surface area contributed by atoms with Crippen LogP contribution in [0.15, 0.2) is 59.8 Å². The van der Waals surface area contributed by atoms with Crippen LogP contribution < -0.4 is 16.4 Å². The van der Waals surface area contributed by atoms with Crippen LogP contribution in [0.4, 0.5) is 15.3 Å². The minimum absolute atomic E-state index is 0.264. The largest absolute Gasteiger partial charge is 0.382 e. The van der Waals surface area contributed by atoms with Crippen molar-refractivity contribution < 1.29 is 4.39 Å². The number of hydrogen-bond acceptors (Lipinski definition) is 4. The molecular weight excluding hydrogens is 376 g/mol. The van der Waals surface area contributed by atoms with Gasteiger partial charge in [-0.1, -0.05) is 54.2 Å². The van der Waals surface area contributed by atoms with Crippen molar-refractivity contribution in [2.45, 2.75) is 26.7 Å². The van der Waals surface area contributed by atoms with Crippen LogP contribution in [0.5, 0.6) is 0 Å². The summed E-state index contributed by atoms with van der Waals surface area (Å²) >= 11 is 1.43. The van der Waals surface area contributed by atoms with Crippen LogP contribution >= 0.6 is 20.6 Å². The van der Waals surface area contributed by atoms with Crippen molar-refractivity contribution in [1.82, 2.24) is 4.98 Å². The van der Waals surface area contributed by atoms with E-state index >= 15 is 0 Å². The van der Waals surface area contributed by atoms with Gasteiger partial charge in [-0.05, 0) is 43.3 Å². The fourth-order valence-corrected chi connectivity index (χ4v) is 4.21. The third kappa shape index (κ3) is 4.55. The first kappa shape index (κ1) is 19.5. The van der Waals surface area contributed by atoms with Crippen LogP contribution in [0.1, 0.15) is 37.1 Å². The van der Waals surface area contributed by atoms with E-state index in [-0.39, 0.29) is 5.82 Å². The predicted octanol–water partition coefficient (Wildman–Crippen LogP) is 5.41. The average Bonchev–Trinajstić information content (AvgIpc) is 2.85. The number of benzene rings is 1. The number of nitrogen functional groups attached to an aromatic ring is 1. The van der Waals surface area contributed by atoms with Crippen LogP contribution in [-0.4, -0.2) is 4.98 Å². The Hall–Kier alpha value is -2.23. The fourth-order valence-electron chi connectivity index (χ4n) is 2.85. The third-order valence-electron chi connectivity index (χ3n) is 4.16. The number of nitrogens with zero attached hydrogens (tertiary/aromatic N) is 1. The number of anilines is 2. The van der Waals surface area contributed by atoms with Gasteiger partial charge in [0.25, 0.3) is 0 Å². The van der Waals surface area contributed by atoms with E-state index in [2.05, 4.69) is 38.6 Å². The van der Waals surface area contributed by atoms with Crippen LogP contribution in [0.25, 0.3) is 5.57 Å². The van der Waals surface area contributed by atoms with Gasteiger partial charge in [-0.3, -0.25) is 0 Å². The van der Waals surface area contributed by atoms with E-state index in [0.717, 1.165) is 34.3 Å². The Bertz CT molecular complexity index is 950. The molecule has 0 fully saturated rings. The SMILES string of the molecule is CCC=C(c1sc(NC2=CC=C(C)CC=C2)nc1N)c1c(F)cccc1P.